The van der Waals surface area contributed by atoms with Crippen molar-refractivity contribution in [1.82, 2.24) is 10.6 Å². The molecule has 0 bridgehead atoms. The molecule has 0 heterocycles. The number of methoxy groups -OCH3 is 1. The zero-order chi connectivity index (χ0) is 23.7. The summed E-state index contributed by atoms with van der Waals surface area (Å²) in [6, 6.07) is 10.8. The molecule has 2 rings (SSSR count). The van der Waals surface area contributed by atoms with Crippen LogP contribution in [0.25, 0.3) is 0 Å². The van der Waals surface area contributed by atoms with Gasteiger partial charge in [-0.3, -0.25) is 9.59 Å². The van der Waals surface area contributed by atoms with Crippen LogP contribution in [0, 0.1) is 5.82 Å². The van der Waals surface area contributed by atoms with Gasteiger partial charge in [-0.05, 0) is 36.2 Å². The third kappa shape index (κ3) is 7.45. The summed E-state index contributed by atoms with van der Waals surface area (Å²) in [4.78, 5) is 36.7. The van der Waals surface area contributed by atoms with Crippen LogP contribution in [0.4, 0.5) is 4.39 Å². The number of esters is 1. The van der Waals surface area contributed by atoms with Crippen LogP contribution < -0.4 is 10.6 Å². The zero-order valence-corrected chi connectivity index (χ0v) is 18.5. The first-order chi connectivity index (χ1) is 15.1. The molecule has 32 heavy (non-hydrogen) atoms. The first-order valence-electron chi connectivity index (χ1n) is 9.80. The maximum Gasteiger partial charge on any atom is 0.328 e. The molecule has 0 fully saturated rings. The van der Waals surface area contributed by atoms with Gasteiger partial charge in [0.05, 0.1) is 17.8 Å². The molecule has 0 saturated heterocycles. The highest BCUT2D eigenvalue weighted by Crippen LogP contribution is 2.13. The third-order valence-corrected chi connectivity index (χ3v) is 6.39. The lowest BCUT2D eigenvalue weighted by atomic mass is 10.0. The number of benzene rings is 2. The molecule has 0 aliphatic heterocycles. The Hall–Kier alpha value is -3.27. The summed E-state index contributed by atoms with van der Waals surface area (Å²) >= 11 is 0. The topological polar surface area (TPSA) is 119 Å². The average molecular weight is 465 g/mol. The minimum Gasteiger partial charge on any atom is -0.467 e. The van der Waals surface area contributed by atoms with Crippen molar-refractivity contribution in [1.29, 1.82) is 0 Å². The van der Waals surface area contributed by atoms with Crippen molar-refractivity contribution in [3.05, 3.63) is 66.0 Å². The van der Waals surface area contributed by atoms with Gasteiger partial charge in [0.15, 0.2) is 9.84 Å². The maximum absolute atomic E-state index is 13.1. The molecular weight excluding hydrogens is 439 g/mol. The first kappa shape index (κ1) is 25.0. The van der Waals surface area contributed by atoms with Crippen molar-refractivity contribution in [2.75, 3.05) is 12.9 Å². The molecule has 172 valence electrons. The van der Waals surface area contributed by atoms with Crippen molar-refractivity contribution >= 4 is 27.6 Å². The summed E-state index contributed by atoms with van der Waals surface area (Å²) in [6.07, 6.45) is -0.180. The molecule has 0 aliphatic rings. The van der Waals surface area contributed by atoms with E-state index in [0.29, 0.717) is 5.56 Å². The predicted molar refractivity (Wildman–Crippen MR) is 115 cm³/mol. The van der Waals surface area contributed by atoms with Crippen molar-refractivity contribution in [2.24, 2.45) is 0 Å². The Kier molecular flexibility index (Phi) is 8.89. The molecule has 0 saturated carbocycles. The quantitative estimate of drug-likeness (QED) is 0.513. The molecule has 2 atom stereocenters. The fourth-order valence-electron chi connectivity index (χ4n) is 2.99. The molecule has 2 N–H and O–H groups in total. The number of hydrogen-bond acceptors (Lipinski definition) is 6. The van der Waals surface area contributed by atoms with Crippen LogP contribution >= 0.6 is 0 Å². The number of nitrogens with one attached hydrogen (secondary N) is 2. The summed E-state index contributed by atoms with van der Waals surface area (Å²) in [7, 11) is -2.57. The van der Waals surface area contributed by atoms with Crippen molar-refractivity contribution in [3.8, 4) is 0 Å². The predicted octanol–water partition coefficient (Wildman–Crippen LogP) is 1.39. The number of rotatable bonds is 10. The van der Waals surface area contributed by atoms with Gasteiger partial charge in [0.1, 0.15) is 17.9 Å². The SMILES string of the molecule is COC(=O)[C@H](CCS(=O)(=O)c1ccccc1)NC(=O)[C@H](Cc1ccc(F)cc1)NC(C)=O. The second-order valence-electron chi connectivity index (χ2n) is 7.09. The largest absolute Gasteiger partial charge is 0.467 e. The molecule has 2 aromatic carbocycles. The zero-order valence-electron chi connectivity index (χ0n) is 17.7. The average Bonchev–Trinajstić information content (AvgIpc) is 2.77. The van der Waals surface area contributed by atoms with Crippen LogP contribution in [0.3, 0.4) is 0 Å². The molecule has 0 aliphatic carbocycles. The Balaban J connectivity index is 2.13. The van der Waals surface area contributed by atoms with E-state index >= 15 is 0 Å². The van der Waals surface area contributed by atoms with E-state index in [1.54, 1.807) is 18.2 Å². The van der Waals surface area contributed by atoms with Crippen molar-refractivity contribution in [3.63, 3.8) is 0 Å². The molecule has 8 nitrogen and oxygen atoms in total. The molecule has 0 radical (unpaired) electrons. The summed E-state index contributed by atoms with van der Waals surface area (Å²) in [5.74, 6) is -2.84. The third-order valence-electron chi connectivity index (χ3n) is 4.63. The van der Waals surface area contributed by atoms with Crippen LogP contribution in [0.5, 0.6) is 0 Å². The van der Waals surface area contributed by atoms with E-state index in [1.807, 2.05) is 0 Å². The second-order valence-corrected chi connectivity index (χ2v) is 9.20. The molecule has 10 heteroatoms. The lowest BCUT2D eigenvalue weighted by Crippen LogP contribution is -2.52. The second kappa shape index (κ2) is 11.4. The number of hydrogen-bond donors (Lipinski definition) is 2. The van der Waals surface area contributed by atoms with E-state index in [1.165, 1.54) is 43.3 Å². The van der Waals surface area contributed by atoms with Crippen molar-refractivity contribution < 1.29 is 31.9 Å². The normalized spacial score (nSPS) is 13.0. The summed E-state index contributed by atoms with van der Waals surface area (Å²) in [5, 5.41) is 4.95. The lowest BCUT2D eigenvalue weighted by Gasteiger charge is -2.22. The van der Waals surface area contributed by atoms with Gasteiger partial charge >= 0.3 is 5.97 Å². The van der Waals surface area contributed by atoms with Crippen LogP contribution in [0.1, 0.15) is 18.9 Å². The van der Waals surface area contributed by atoms with Gasteiger partial charge in [0.25, 0.3) is 0 Å². The van der Waals surface area contributed by atoms with Gasteiger partial charge in [-0.2, -0.15) is 0 Å². The molecule has 0 spiro atoms. The highest BCUT2D eigenvalue weighted by Gasteiger charge is 2.28. The van der Waals surface area contributed by atoms with E-state index in [-0.39, 0.29) is 17.7 Å². The Morgan fingerprint density at radius 1 is 0.969 bits per heavy atom. The summed E-state index contributed by atoms with van der Waals surface area (Å²) < 4.78 is 42.9. The van der Waals surface area contributed by atoms with E-state index in [0.717, 1.165) is 7.11 Å². The van der Waals surface area contributed by atoms with Gasteiger partial charge in [0.2, 0.25) is 11.8 Å². The Morgan fingerprint density at radius 3 is 2.16 bits per heavy atom. The Morgan fingerprint density at radius 2 is 1.59 bits per heavy atom. The monoisotopic (exact) mass is 464 g/mol. The van der Waals surface area contributed by atoms with E-state index < -0.39 is 51.3 Å². The van der Waals surface area contributed by atoms with E-state index in [9.17, 15) is 27.2 Å². The van der Waals surface area contributed by atoms with Gasteiger partial charge in [-0.25, -0.2) is 17.6 Å². The molecule has 0 unspecified atom stereocenters. The lowest BCUT2D eigenvalue weighted by molar-refractivity contribution is -0.145. The minimum atomic E-state index is -3.69. The highest BCUT2D eigenvalue weighted by atomic mass is 32.2. The first-order valence-corrected chi connectivity index (χ1v) is 11.4. The number of halogens is 1. The fraction of sp³-hybridized carbons (Fsp3) is 0.318. The van der Waals surface area contributed by atoms with E-state index in [4.69, 9.17) is 4.74 Å². The minimum absolute atomic E-state index is 0.0436. The summed E-state index contributed by atoms with van der Waals surface area (Å²) in [5.41, 5.74) is 0.585. The smallest absolute Gasteiger partial charge is 0.328 e. The fourth-order valence-corrected chi connectivity index (χ4v) is 4.35. The summed E-state index contributed by atoms with van der Waals surface area (Å²) in [6.45, 7) is 1.23. The maximum atomic E-state index is 13.1. The Labute approximate surface area is 186 Å². The van der Waals surface area contributed by atoms with E-state index in [2.05, 4.69) is 10.6 Å². The Bertz CT molecular complexity index is 1040. The van der Waals surface area contributed by atoms with Crippen molar-refractivity contribution in [2.45, 2.75) is 36.7 Å². The van der Waals surface area contributed by atoms with Gasteiger partial charge in [-0.15, -0.1) is 0 Å². The molecule has 0 aromatic heterocycles. The number of ether oxygens (including phenoxy) is 1. The van der Waals surface area contributed by atoms with Gasteiger partial charge in [-0.1, -0.05) is 30.3 Å². The van der Waals surface area contributed by atoms with Gasteiger partial charge < -0.3 is 15.4 Å². The molecule has 2 amide bonds. The number of sulfone groups is 1. The molecular formula is C22H25FN2O6S. The standard InChI is InChI=1S/C22H25FN2O6S/c1-15(26)24-20(14-16-8-10-17(23)11-9-16)21(27)25-19(22(28)31-2)12-13-32(29,30)18-6-4-3-5-7-18/h3-11,19-20H,12-14H2,1-2H3,(H,24,26)(H,25,27)/t19-,20-/m0/s1. The number of carbonyl (C=O) groups excluding carboxylic acids is 3. The molecule has 2 aromatic rings. The number of carbonyl (C=O) groups is 3. The number of amides is 2. The highest BCUT2D eigenvalue weighted by molar-refractivity contribution is 7.91. The van der Waals surface area contributed by atoms with Crippen LogP contribution in [-0.2, 0) is 35.4 Å². The van der Waals surface area contributed by atoms with Crippen LogP contribution in [0.15, 0.2) is 59.5 Å². The van der Waals surface area contributed by atoms with Gasteiger partial charge in [0, 0.05) is 13.3 Å². The van der Waals surface area contributed by atoms with Crippen LogP contribution in [-0.4, -0.2) is 51.1 Å². The van der Waals surface area contributed by atoms with Crippen LogP contribution in [0.2, 0.25) is 0 Å².